The molecule has 0 spiro atoms. The van der Waals surface area contributed by atoms with Crippen LogP contribution in [0.5, 0.6) is 0 Å². The number of rotatable bonds is 4. The van der Waals surface area contributed by atoms with E-state index in [1.165, 1.54) is 30.6 Å². The molecule has 2 fully saturated rings. The lowest BCUT2D eigenvalue weighted by molar-refractivity contribution is 0.108. The molecule has 1 saturated heterocycles. The highest BCUT2D eigenvalue weighted by atomic mass is 32.1. The van der Waals surface area contributed by atoms with Crippen LogP contribution in [0.2, 0.25) is 0 Å². The van der Waals surface area contributed by atoms with Gasteiger partial charge < -0.3 is 10.1 Å². The lowest BCUT2D eigenvalue weighted by Gasteiger charge is -2.28. The van der Waals surface area contributed by atoms with E-state index in [0.29, 0.717) is 18.2 Å². The number of hydrogen-bond acceptors (Lipinski definition) is 3. The molecular weight excluding hydrogens is 242 g/mol. The Bertz CT molecular complexity index is 359. The second-order valence-corrected chi connectivity index (χ2v) is 6.65. The van der Waals surface area contributed by atoms with Gasteiger partial charge in [-0.05, 0) is 43.6 Å². The Kier molecular flexibility index (Phi) is 4.02. The minimum absolute atomic E-state index is 0.369. The van der Waals surface area contributed by atoms with E-state index in [0.717, 1.165) is 18.9 Å². The van der Waals surface area contributed by atoms with E-state index in [9.17, 15) is 0 Å². The van der Waals surface area contributed by atoms with Gasteiger partial charge in [0.2, 0.25) is 0 Å². The van der Waals surface area contributed by atoms with E-state index in [1.54, 1.807) is 0 Å². The largest absolute Gasteiger partial charge is 0.377 e. The molecule has 3 atom stereocenters. The molecule has 0 aromatic carbocycles. The van der Waals surface area contributed by atoms with Crippen LogP contribution in [0, 0.1) is 5.92 Å². The molecule has 1 aromatic heterocycles. The van der Waals surface area contributed by atoms with Crippen molar-refractivity contribution in [3.63, 3.8) is 0 Å². The Morgan fingerprint density at radius 3 is 2.78 bits per heavy atom. The Hall–Kier alpha value is -0.380. The van der Waals surface area contributed by atoms with Crippen LogP contribution in [-0.2, 0) is 4.74 Å². The molecule has 3 rings (SSSR count). The standard InChI is InChI=1S/C15H23NOS/c1-11-13(8-9-17-11)16-15(12-5-2-3-6-12)14-7-4-10-18-14/h4,7,10-13,15-16H,2-3,5-6,8-9H2,1H3. The molecule has 1 saturated carbocycles. The van der Waals surface area contributed by atoms with Crippen molar-refractivity contribution in [3.05, 3.63) is 22.4 Å². The highest BCUT2D eigenvalue weighted by molar-refractivity contribution is 7.10. The van der Waals surface area contributed by atoms with Gasteiger partial charge in [-0.3, -0.25) is 0 Å². The number of thiophene rings is 1. The number of nitrogens with one attached hydrogen (secondary N) is 1. The Balaban J connectivity index is 1.72. The molecule has 3 heteroatoms. The van der Waals surface area contributed by atoms with Gasteiger partial charge in [0.25, 0.3) is 0 Å². The van der Waals surface area contributed by atoms with Crippen LogP contribution in [0.15, 0.2) is 17.5 Å². The van der Waals surface area contributed by atoms with Crippen molar-refractivity contribution in [2.45, 2.75) is 57.2 Å². The van der Waals surface area contributed by atoms with E-state index in [4.69, 9.17) is 4.74 Å². The van der Waals surface area contributed by atoms with Crippen LogP contribution in [0.25, 0.3) is 0 Å². The summed E-state index contributed by atoms with van der Waals surface area (Å²) >= 11 is 1.90. The predicted octanol–water partition coefficient (Wildman–Crippen LogP) is 3.75. The van der Waals surface area contributed by atoms with E-state index >= 15 is 0 Å². The zero-order valence-electron chi connectivity index (χ0n) is 11.1. The molecule has 1 N–H and O–H groups in total. The molecule has 1 aromatic rings. The normalized spacial score (nSPS) is 30.9. The van der Waals surface area contributed by atoms with Gasteiger partial charge in [-0.2, -0.15) is 0 Å². The Morgan fingerprint density at radius 1 is 1.33 bits per heavy atom. The summed E-state index contributed by atoms with van der Waals surface area (Å²) in [5, 5.41) is 6.10. The third kappa shape index (κ3) is 2.63. The molecule has 1 aliphatic carbocycles. The lowest BCUT2D eigenvalue weighted by atomic mass is 9.95. The van der Waals surface area contributed by atoms with Gasteiger partial charge in [-0.25, -0.2) is 0 Å². The smallest absolute Gasteiger partial charge is 0.0700 e. The molecule has 0 radical (unpaired) electrons. The fraction of sp³-hybridized carbons (Fsp3) is 0.733. The zero-order valence-corrected chi connectivity index (χ0v) is 11.9. The third-order valence-corrected chi connectivity index (χ3v) is 5.45. The minimum atomic E-state index is 0.369. The molecule has 1 aliphatic heterocycles. The fourth-order valence-corrected chi connectivity index (χ4v) is 4.27. The van der Waals surface area contributed by atoms with Crippen LogP contribution < -0.4 is 5.32 Å². The lowest BCUT2D eigenvalue weighted by Crippen LogP contribution is -2.39. The molecule has 2 heterocycles. The molecule has 0 amide bonds. The van der Waals surface area contributed by atoms with Crippen molar-refractivity contribution in [1.29, 1.82) is 0 Å². The number of hydrogen-bond donors (Lipinski definition) is 1. The summed E-state index contributed by atoms with van der Waals surface area (Å²) in [5.74, 6) is 0.830. The maximum absolute atomic E-state index is 5.69. The molecule has 18 heavy (non-hydrogen) atoms. The van der Waals surface area contributed by atoms with Crippen molar-refractivity contribution in [2.24, 2.45) is 5.92 Å². The minimum Gasteiger partial charge on any atom is -0.377 e. The topological polar surface area (TPSA) is 21.3 Å². The summed E-state index contributed by atoms with van der Waals surface area (Å²) in [6, 6.07) is 5.57. The predicted molar refractivity (Wildman–Crippen MR) is 76.0 cm³/mol. The number of ether oxygens (including phenoxy) is 1. The quantitative estimate of drug-likeness (QED) is 0.895. The van der Waals surface area contributed by atoms with Gasteiger partial charge >= 0.3 is 0 Å². The van der Waals surface area contributed by atoms with E-state index < -0.39 is 0 Å². The maximum atomic E-state index is 5.69. The Labute approximate surface area is 114 Å². The third-order valence-electron chi connectivity index (χ3n) is 4.49. The van der Waals surface area contributed by atoms with Crippen LogP contribution in [0.1, 0.15) is 49.9 Å². The molecular formula is C15H23NOS. The van der Waals surface area contributed by atoms with Crippen LogP contribution in [0.3, 0.4) is 0 Å². The molecule has 2 nitrogen and oxygen atoms in total. The average molecular weight is 265 g/mol. The van der Waals surface area contributed by atoms with Crippen LogP contribution in [-0.4, -0.2) is 18.8 Å². The van der Waals surface area contributed by atoms with Gasteiger partial charge in [-0.15, -0.1) is 11.3 Å². The summed E-state index contributed by atoms with van der Waals surface area (Å²) in [7, 11) is 0. The first-order valence-corrected chi connectivity index (χ1v) is 8.13. The van der Waals surface area contributed by atoms with E-state index in [1.807, 2.05) is 11.3 Å². The highest BCUT2D eigenvalue weighted by Gasteiger charge is 2.32. The molecule has 0 bridgehead atoms. The fourth-order valence-electron chi connectivity index (χ4n) is 3.39. The van der Waals surface area contributed by atoms with Crippen molar-refractivity contribution in [2.75, 3.05) is 6.61 Å². The molecule has 3 unspecified atom stereocenters. The van der Waals surface area contributed by atoms with Crippen LogP contribution in [0.4, 0.5) is 0 Å². The van der Waals surface area contributed by atoms with Crippen molar-refractivity contribution in [3.8, 4) is 0 Å². The highest BCUT2D eigenvalue weighted by Crippen LogP contribution is 2.38. The second-order valence-electron chi connectivity index (χ2n) is 5.68. The first kappa shape index (κ1) is 12.6. The first-order valence-electron chi connectivity index (χ1n) is 7.25. The summed E-state index contributed by atoms with van der Waals surface area (Å²) in [6.45, 7) is 3.12. The summed E-state index contributed by atoms with van der Waals surface area (Å²) < 4.78 is 5.69. The molecule has 100 valence electrons. The summed E-state index contributed by atoms with van der Waals surface area (Å²) in [6.07, 6.45) is 7.12. The van der Waals surface area contributed by atoms with Gasteiger partial charge in [0.05, 0.1) is 6.10 Å². The van der Waals surface area contributed by atoms with E-state index in [-0.39, 0.29) is 0 Å². The van der Waals surface area contributed by atoms with Gasteiger partial charge in [-0.1, -0.05) is 18.9 Å². The van der Waals surface area contributed by atoms with Crippen molar-refractivity contribution >= 4 is 11.3 Å². The molecule has 2 aliphatic rings. The van der Waals surface area contributed by atoms with Gasteiger partial charge in [0, 0.05) is 23.6 Å². The average Bonchev–Trinajstić information content (AvgIpc) is 3.09. The Morgan fingerprint density at radius 2 is 2.17 bits per heavy atom. The maximum Gasteiger partial charge on any atom is 0.0700 e. The zero-order chi connectivity index (χ0) is 12.4. The van der Waals surface area contributed by atoms with Crippen molar-refractivity contribution in [1.82, 2.24) is 5.32 Å². The van der Waals surface area contributed by atoms with Gasteiger partial charge in [0.1, 0.15) is 0 Å². The second kappa shape index (κ2) is 5.72. The van der Waals surface area contributed by atoms with E-state index in [2.05, 4.69) is 29.8 Å². The summed E-state index contributed by atoms with van der Waals surface area (Å²) in [5.41, 5.74) is 0. The summed E-state index contributed by atoms with van der Waals surface area (Å²) in [4.78, 5) is 1.51. The van der Waals surface area contributed by atoms with Gasteiger partial charge in [0.15, 0.2) is 0 Å². The van der Waals surface area contributed by atoms with Crippen LogP contribution >= 0.6 is 11.3 Å². The SMILES string of the molecule is CC1OCCC1NC(c1cccs1)C1CCCC1. The monoisotopic (exact) mass is 265 g/mol. The first-order chi connectivity index (χ1) is 8.84. The van der Waals surface area contributed by atoms with Crippen molar-refractivity contribution < 1.29 is 4.74 Å².